The zero-order chi connectivity index (χ0) is 19.8. The molecule has 0 unspecified atom stereocenters. The third-order valence-corrected chi connectivity index (χ3v) is 6.41. The molecule has 1 amide bonds. The van der Waals surface area contributed by atoms with E-state index in [-0.39, 0.29) is 5.91 Å². The van der Waals surface area contributed by atoms with Gasteiger partial charge in [0, 0.05) is 41.9 Å². The van der Waals surface area contributed by atoms with Gasteiger partial charge in [0.05, 0.1) is 5.75 Å². The Morgan fingerprint density at radius 2 is 1.97 bits per heavy atom. The molecule has 0 bridgehead atoms. The summed E-state index contributed by atoms with van der Waals surface area (Å²) in [6.07, 6.45) is 3.99. The van der Waals surface area contributed by atoms with Crippen molar-refractivity contribution in [3.8, 4) is 11.4 Å². The number of benzene rings is 2. The van der Waals surface area contributed by atoms with Crippen LogP contribution in [0.1, 0.15) is 12.0 Å². The number of fused-ring (bicyclic) bond motifs is 2. The van der Waals surface area contributed by atoms with Crippen LogP contribution in [0, 0.1) is 0 Å². The number of aromatic nitrogens is 4. The fraction of sp³-hybridized carbons (Fsp3) is 0.227. The van der Waals surface area contributed by atoms with Crippen LogP contribution in [0.5, 0.6) is 0 Å². The van der Waals surface area contributed by atoms with Crippen LogP contribution in [0.15, 0.2) is 59.9 Å². The summed E-state index contributed by atoms with van der Waals surface area (Å²) in [6.45, 7) is 0.774. The number of nitrogens with zero attached hydrogens (tertiary/aromatic N) is 4. The van der Waals surface area contributed by atoms with Gasteiger partial charge in [0.25, 0.3) is 0 Å². The molecule has 5 rings (SSSR count). The van der Waals surface area contributed by atoms with Crippen molar-refractivity contribution in [2.75, 3.05) is 17.2 Å². The van der Waals surface area contributed by atoms with E-state index in [1.165, 1.54) is 17.3 Å². The van der Waals surface area contributed by atoms with Crippen LogP contribution in [0.25, 0.3) is 22.3 Å². The number of carbonyl (C=O) groups is 1. The van der Waals surface area contributed by atoms with Gasteiger partial charge in [-0.05, 0) is 30.5 Å². The van der Waals surface area contributed by atoms with Crippen molar-refractivity contribution < 1.29 is 4.79 Å². The highest BCUT2D eigenvalue weighted by molar-refractivity contribution is 7.99. The lowest BCUT2D eigenvalue weighted by Gasteiger charge is -2.29. The van der Waals surface area contributed by atoms with Gasteiger partial charge in [-0.15, -0.1) is 10.2 Å². The standard InChI is InChI=1S/C22H21N5OS/c1-26-21(17-13-23-18-10-4-3-9-16(17)18)24-25-22(26)29-14-20(28)27-12-6-8-15-7-2-5-11-19(15)27/h2-5,7,9-11,13,23H,6,8,12,14H2,1H3. The Morgan fingerprint density at radius 1 is 1.14 bits per heavy atom. The zero-order valence-corrected chi connectivity index (χ0v) is 16.9. The van der Waals surface area contributed by atoms with Crippen molar-refractivity contribution in [2.24, 2.45) is 7.05 Å². The minimum Gasteiger partial charge on any atom is -0.360 e. The van der Waals surface area contributed by atoms with Crippen LogP contribution in [0.4, 0.5) is 5.69 Å². The van der Waals surface area contributed by atoms with Crippen molar-refractivity contribution in [2.45, 2.75) is 18.0 Å². The van der Waals surface area contributed by atoms with Crippen LogP contribution in [-0.2, 0) is 18.3 Å². The lowest BCUT2D eigenvalue weighted by atomic mass is 10.0. The maximum Gasteiger partial charge on any atom is 0.237 e. The second-order valence-electron chi connectivity index (χ2n) is 7.18. The van der Waals surface area contributed by atoms with Gasteiger partial charge >= 0.3 is 0 Å². The first-order chi connectivity index (χ1) is 14.2. The minimum atomic E-state index is 0.110. The number of anilines is 1. The smallest absolute Gasteiger partial charge is 0.237 e. The molecule has 0 saturated heterocycles. The normalized spacial score (nSPS) is 13.6. The minimum absolute atomic E-state index is 0.110. The van der Waals surface area contributed by atoms with Crippen molar-refractivity contribution in [3.05, 3.63) is 60.3 Å². The Balaban J connectivity index is 1.34. The topological polar surface area (TPSA) is 66.8 Å². The second-order valence-corrected chi connectivity index (χ2v) is 8.12. The summed E-state index contributed by atoms with van der Waals surface area (Å²) in [5.41, 5.74) is 4.37. The molecule has 0 saturated carbocycles. The van der Waals surface area contributed by atoms with Crippen LogP contribution < -0.4 is 4.90 Å². The number of aromatic amines is 1. The number of hydrogen-bond donors (Lipinski definition) is 1. The van der Waals surface area contributed by atoms with Crippen molar-refractivity contribution in [3.63, 3.8) is 0 Å². The largest absolute Gasteiger partial charge is 0.360 e. The first-order valence-corrected chi connectivity index (χ1v) is 10.7. The molecule has 29 heavy (non-hydrogen) atoms. The summed E-state index contributed by atoms with van der Waals surface area (Å²) in [5, 5.41) is 10.6. The van der Waals surface area contributed by atoms with E-state index in [0.29, 0.717) is 5.75 Å². The summed E-state index contributed by atoms with van der Waals surface area (Å²) in [6, 6.07) is 16.3. The number of para-hydroxylation sites is 2. The van der Waals surface area contributed by atoms with E-state index >= 15 is 0 Å². The molecule has 0 radical (unpaired) electrons. The van der Waals surface area contributed by atoms with E-state index in [1.807, 2.05) is 59.1 Å². The number of H-pyrrole nitrogens is 1. The van der Waals surface area contributed by atoms with Gasteiger partial charge < -0.3 is 14.5 Å². The summed E-state index contributed by atoms with van der Waals surface area (Å²) in [5.74, 6) is 1.24. The molecule has 2 aromatic carbocycles. The Morgan fingerprint density at radius 3 is 2.90 bits per heavy atom. The summed E-state index contributed by atoms with van der Waals surface area (Å²) >= 11 is 1.43. The molecule has 0 aliphatic carbocycles. The van der Waals surface area contributed by atoms with E-state index in [2.05, 4.69) is 27.3 Å². The number of amides is 1. The van der Waals surface area contributed by atoms with E-state index in [9.17, 15) is 4.79 Å². The third-order valence-electron chi connectivity index (χ3n) is 5.40. The number of rotatable bonds is 4. The van der Waals surface area contributed by atoms with Crippen molar-refractivity contribution in [1.82, 2.24) is 19.7 Å². The van der Waals surface area contributed by atoms with E-state index in [0.717, 1.165) is 52.5 Å². The molecule has 1 aliphatic rings. The molecule has 6 nitrogen and oxygen atoms in total. The maximum atomic E-state index is 12.9. The highest BCUT2D eigenvalue weighted by Crippen LogP contribution is 2.30. The van der Waals surface area contributed by atoms with Gasteiger partial charge in [-0.1, -0.05) is 48.2 Å². The molecule has 146 valence electrons. The van der Waals surface area contributed by atoms with Gasteiger partial charge in [-0.3, -0.25) is 4.79 Å². The second kappa shape index (κ2) is 7.40. The SMILES string of the molecule is Cn1c(SCC(=O)N2CCCc3ccccc32)nnc1-c1c[nH]c2ccccc12. The molecular weight excluding hydrogens is 382 g/mol. The number of nitrogens with one attached hydrogen (secondary N) is 1. The Bertz CT molecular complexity index is 1190. The van der Waals surface area contributed by atoms with Gasteiger partial charge in [-0.25, -0.2) is 0 Å². The molecule has 0 atom stereocenters. The van der Waals surface area contributed by atoms with Crippen molar-refractivity contribution >= 4 is 34.3 Å². The van der Waals surface area contributed by atoms with E-state index in [4.69, 9.17) is 0 Å². The van der Waals surface area contributed by atoms with Gasteiger partial charge in [-0.2, -0.15) is 0 Å². The fourth-order valence-electron chi connectivity index (χ4n) is 3.93. The Labute approximate surface area is 172 Å². The molecule has 2 aromatic heterocycles. The molecule has 3 heterocycles. The monoisotopic (exact) mass is 403 g/mol. The highest BCUT2D eigenvalue weighted by atomic mass is 32.2. The van der Waals surface area contributed by atoms with Gasteiger partial charge in [0.2, 0.25) is 5.91 Å². The summed E-state index contributed by atoms with van der Waals surface area (Å²) in [4.78, 5) is 18.1. The Kier molecular flexibility index (Phi) is 4.60. The zero-order valence-electron chi connectivity index (χ0n) is 16.1. The van der Waals surface area contributed by atoms with Gasteiger partial charge in [0.15, 0.2) is 11.0 Å². The molecular formula is C22H21N5OS. The first-order valence-electron chi connectivity index (χ1n) is 9.69. The quantitative estimate of drug-likeness (QED) is 0.523. The molecule has 1 aliphatic heterocycles. The van der Waals surface area contributed by atoms with E-state index in [1.54, 1.807) is 0 Å². The third kappa shape index (κ3) is 3.21. The van der Waals surface area contributed by atoms with Crippen LogP contribution in [0.2, 0.25) is 0 Å². The van der Waals surface area contributed by atoms with Crippen molar-refractivity contribution in [1.29, 1.82) is 0 Å². The van der Waals surface area contributed by atoms with Crippen LogP contribution in [-0.4, -0.2) is 38.0 Å². The highest BCUT2D eigenvalue weighted by Gasteiger charge is 2.23. The summed E-state index contributed by atoms with van der Waals surface area (Å²) in [7, 11) is 1.94. The van der Waals surface area contributed by atoms with Crippen LogP contribution in [0.3, 0.4) is 0 Å². The lowest BCUT2D eigenvalue weighted by Crippen LogP contribution is -2.36. The number of hydrogen-bond acceptors (Lipinski definition) is 4. The average molecular weight is 404 g/mol. The molecule has 7 heteroatoms. The van der Waals surface area contributed by atoms with Crippen LogP contribution >= 0.6 is 11.8 Å². The fourth-order valence-corrected chi connectivity index (χ4v) is 4.72. The molecule has 4 aromatic rings. The number of thioether (sulfide) groups is 1. The Hall–Kier alpha value is -3.06. The lowest BCUT2D eigenvalue weighted by molar-refractivity contribution is -0.116. The average Bonchev–Trinajstić information content (AvgIpc) is 3.34. The summed E-state index contributed by atoms with van der Waals surface area (Å²) < 4.78 is 1.96. The molecule has 0 fully saturated rings. The molecule has 1 N–H and O–H groups in total. The number of aryl methyl sites for hydroxylation is 1. The predicted molar refractivity (Wildman–Crippen MR) is 116 cm³/mol. The van der Waals surface area contributed by atoms with E-state index < -0.39 is 0 Å². The van der Waals surface area contributed by atoms with Gasteiger partial charge in [0.1, 0.15) is 0 Å². The first kappa shape index (κ1) is 18.0. The maximum absolute atomic E-state index is 12.9. The predicted octanol–water partition coefficient (Wildman–Crippen LogP) is 4.03. The number of carbonyl (C=O) groups excluding carboxylic acids is 1. The molecule has 0 spiro atoms.